The third-order valence-electron chi connectivity index (χ3n) is 2.96. The normalized spacial score (nSPS) is 10.7. The second-order valence-electron chi connectivity index (χ2n) is 4.69. The minimum atomic E-state index is -0.0720. The van der Waals surface area contributed by atoms with Crippen LogP contribution >= 0.6 is 0 Å². The molecule has 3 heteroatoms. The highest BCUT2D eigenvalue weighted by Crippen LogP contribution is 2.02. The van der Waals surface area contributed by atoms with Crippen molar-refractivity contribution >= 4 is 12.1 Å². The monoisotopic (exact) mass is 266 g/mol. The van der Waals surface area contributed by atoms with Crippen LogP contribution in [-0.4, -0.2) is 12.1 Å². The van der Waals surface area contributed by atoms with E-state index in [0.29, 0.717) is 6.42 Å². The van der Waals surface area contributed by atoms with E-state index >= 15 is 0 Å². The van der Waals surface area contributed by atoms with Gasteiger partial charge in [0.15, 0.2) is 0 Å². The van der Waals surface area contributed by atoms with Crippen molar-refractivity contribution in [1.29, 1.82) is 0 Å². The van der Waals surface area contributed by atoms with E-state index in [1.807, 2.05) is 61.5 Å². The van der Waals surface area contributed by atoms with E-state index in [1.54, 1.807) is 6.21 Å². The second-order valence-corrected chi connectivity index (χ2v) is 4.69. The Balaban J connectivity index is 1.76. The fourth-order valence-corrected chi connectivity index (χ4v) is 1.79. The zero-order chi connectivity index (χ0) is 14.2. The molecule has 0 spiro atoms. The summed E-state index contributed by atoms with van der Waals surface area (Å²) in [4.78, 5) is 11.6. The fraction of sp³-hybridized carbons (Fsp3) is 0.176. The minimum Gasteiger partial charge on any atom is -0.273 e. The van der Waals surface area contributed by atoms with Gasteiger partial charge in [-0.25, -0.2) is 5.43 Å². The SMILES string of the molecule is Cc1ccc(/C=N\NC(=O)CCc2ccccc2)cc1. The standard InChI is InChI=1S/C17H18N2O/c1-14-7-9-16(10-8-14)13-18-19-17(20)12-11-15-5-3-2-4-6-15/h2-10,13H,11-12H2,1H3,(H,19,20)/b18-13-. The molecule has 0 aromatic heterocycles. The molecule has 20 heavy (non-hydrogen) atoms. The summed E-state index contributed by atoms with van der Waals surface area (Å²) in [5.74, 6) is -0.0720. The number of hydrogen-bond acceptors (Lipinski definition) is 2. The maximum atomic E-state index is 11.6. The molecule has 0 aliphatic carbocycles. The van der Waals surface area contributed by atoms with Crippen LogP contribution in [0, 0.1) is 6.92 Å². The second kappa shape index (κ2) is 7.24. The molecule has 1 amide bonds. The van der Waals surface area contributed by atoms with Gasteiger partial charge in [0.1, 0.15) is 0 Å². The predicted octanol–water partition coefficient (Wildman–Crippen LogP) is 3.08. The van der Waals surface area contributed by atoms with E-state index in [4.69, 9.17) is 0 Å². The van der Waals surface area contributed by atoms with Gasteiger partial charge in [-0.3, -0.25) is 4.79 Å². The van der Waals surface area contributed by atoms with Gasteiger partial charge in [0.2, 0.25) is 5.91 Å². The molecule has 2 rings (SSSR count). The van der Waals surface area contributed by atoms with Crippen molar-refractivity contribution in [2.75, 3.05) is 0 Å². The Morgan fingerprint density at radius 2 is 1.80 bits per heavy atom. The lowest BCUT2D eigenvalue weighted by Crippen LogP contribution is -2.17. The van der Waals surface area contributed by atoms with Crippen molar-refractivity contribution in [1.82, 2.24) is 5.43 Å². The number of rotatable bonds is 5. The van der Waals surface area contributed by atoms with Crippen LogP contribution < -0.4 is 5.43 Å². The molecule has 0 bridgehead atoms. The third kappa shape index (κ3) is 4.69. The number of hydrazone groups is 1. The van der Waals surface area contributed by atoms with E-state index in [2.05, 4.69) is 10.5 Å². The van der Waals surface area contributed by atoms with E-state index < -0.39 is 0 Å². The molecule has 102 valence electrons. The first-order valence-electron chi connectivity index (χ1n) is 6.66. The summed E-state index contributed by atoms with van der Waals surface area (Å²) in [6.07, 6.45) is 2.82. The maximum absolute atomic E-state index is 11.6. The number of nitrogens with one attached hydrogen (secondary N) is 1. The van der Waals surface area contributed by atoms with Crippen LogP contribution in [0.1, 0.15) is 23.1 Å². The van der Waals surface area contributed by atoms with Crippen LogP contribution in [0.25, 0.3) is 0 Å². The topological polar surface area (TPSA) is 41.5 Å². The number of amides is 1. The summed E-state index contributed by atoms with van der Waals surface area (Å²) in [5.41, 5.74) is 5.88. The van der Waals surface area contributed by atoms with Gasteiger partial charge in [-0.2, -0.15) is 5.10 Å². The smallest absolute Gasteiger partial charge is 0.240 e. The summed E-state index contributed by atoms with van der Waals surface area (Å²) in [7, 11) is 0. The molecule has 0 aliphatic heterocycles. The van der Waals surface area contributed by atoms with Gasteiger partial charge in [0, 0.05) is 6.42 Å². The first-order chi connectivity index (χ1) is 9.74. The summed E-state index contributed by atoms with van der Waals surface area (Å²) in [5, 5.41) is 3.96. The Labute approximate surface area is 119 Å². The molecule has 0 fully saturated rings. The largest absolute Gasteiger partial charge is 0.273 e. The van der Waals surface area contributed by atoms with Gasteiger partial charge in [0.25, 0.3) is 0 Å². The Hall–Kier alpha value is -2.42. The molecule has 0 unspecified atom stereocenters. The van der Waals surface area contributed by atoms with E-state index in [9.17, 15) is 4.79 Å². The van der Waals surface area contributed by atoms with Gasteiger partial charge in [-0.1, -0.05) is 60.2 Å². The molecular weight excluding hydrogens is 248 g/mol. The Morgan fingerprint density at radius 3 is 2.50 bits per heavy atom. The average molecular weight is 266 g/mol. The molecule has 3 nitrogen and oxygen atoms in total. The summed E-state index contributed by atoms with van der Waals surface area (Å²) >= 11 is 0. The van der Waals surface area contributed by atoms with Crippen LogP contribution in [0.4, 0.5) is 0 Å². The predicted molar refractivity (Wildman–Crippen MR) is 81.7 cm³/mol. The van der Waals surface area contributed by atoms with Crippen LogP contribution in [0.5, 0.6) is 0 Å². The van der Waals surface area contributed by atoms with E-state index in [0.717, 1.165) is 17.5 Å². The molecule has 2 aromatic rings. The van der Waals surface area contributed by atoms with Crippen molar-refractivity contribution in [3.63, 3.8) is 0 Å². The van der Waals surface area contributed by atoms with Crippen LogP contribution in [-0.2, 0) is 11.2 Å². The highest BCUT2D eigenvalue weighted by atomic mass is 16.2. The van der Waals surface area contributed by atoms with Crippen molar-refractivity contribution in [3.8, 4) is 0 Å². The summed E-state index contributed by atoms with van der Waals surface area (Å²) in [6, 6.07) is 17.9. The lowest BCUT2D eigenvalue weighted by atomic mass is 10.1. The Morgan fingerprint density at radius 1 is 1.10 bits per heavy atom. The molecule has 0 aliphatic rings. The zero-order valence-electron chi connectivity index (χ0n) is 11.5. The number of aryl methyl sites for hydroxylation is 2. The van der Waals surface area contributed by atoms with Gasteiger partial charge in [-0.15, -0.1) is 0 Å². The molecule has 0 saturated heterocycles. The molecule has 0 radical (unpaired) electrons. The Kier molecular flexibility index (Phi) is 5.07. The lowest BCUT2D eigenvalue weighted by Gasteiger charge is -2.00. The molecule has 1 N–H and O–H groups in total. The number of carbonyl (C=O) groups is 1. The van der Waals surface area contributed by atoms with Crippen LogP contribution in [0.15, 0.2) is 59.7 Å². The highest BCUT2D eigenvalue weighted by Gasteiger charge is 2.00. The first kappa shape index (κ1) is 14.0. The number of carbonyl (C=O) groups excluding carboxylic acids is 1. The van der Waals surface area contributed by atoms with Gasteiger partial charge in [-0.05, 0) is 24.5 Å². The van der Waals surface area contributed by atoms with Crippen molar-refractivity contribution in [2.24, 2.45) is 5.10 Å². The van der Waals surface area contributed by atoms with Crippen LogP contribution in [0.2, 0.25) is 0 Å². The summed E-state index contributed by atoms with van der Waals surface area (Å²) < 4.78 is 0. The van der Waals surface area contributed by atoms with Crippen molar-refractivity contribution < 1.29 is 4.79 Å². The lowest BCUT2D eigenvalue weighted by molar-refractivity contribution is -0.121. The van der Waals surface area contributed by atoms with E-state index in [-0.39, 0.29) is 5.91 Å². The minimum absolute atomic E-state index is 0.0720. The fourth-order valence-electron chi connectivity index (χ4n) is 1.79. The first-order valence-corrected chi connectivity index (χ1v) is 6.66. The zero-order valence-corrected chi connectivity index (χ0v) is 11.5. The highest BCUT2D eigenvalue weighted by molar-refractivity contribution is 5.82. The van der Waals surface area contributed by atoms with Gasteiger partial charge in [0.05, 0.1) is 6.21 Å². The van der Waals surface area contributed by atoms with Crippen molar-refractivity contribution in [3.05, 3.63) is 71.3 Å². The molecular formula is C17H18N2O. The van der Waals surface area contributed by atoms with Gasteiger partial charge >= 0.3 is 0 Å². The van der Waals surface area contributed by atoms with Crippen LogP contribution in [0.3, 0.4) is 0 Å². The quantitative estimate of drug-likeness (QED) is 0.656. The Bertz CT molecular complexity index is 574. The average Bonchev–Trinajstić information content (AvgIpc) is 2.48. The van der Waals surface area contributed by atoms with Crippen molar-refractivity contribution in [2.45, 2.75) is 19.8 Å². The molecule has 2 aromatic carbocycles. The molecule has 0 heterocycles. The number of benzene rings is 2. The number of hydrogen-bond donors (Lipinski definition) is 1. The molecule has 0 atom stereocenters. The molecule has 0 saturated carbocycles. The number of nitrogens with zero attached hydrogens (tertiary/aromatic N) is 1. The maximum Gasteiger partial charge on any atom is 0.240 e. The van der Waals surface area contributed by atoms with E-state index in [1.165, 1.54) is 5.56 Å². The third-order valence-corrected chi connectivity index (χ3v) is 2.96. The van der Waals surface area contributed by atoms with Gasteiger partial charge < -0.3 is 0 Å². The summed E-state index contributed by atoms with van der Waals surface area (Å²) in [6.45, 7) is 2.03.